The van der Waals surface area contributed by atoms with Gasteiger partial charge in [-0.15, -0.1) is 11.3 Å². The lowest BCUT2D eigenvalue weighted by atomic mass is 10.1. The van der Waals surface area contributed by atoms with Crippen molar-refractivity contribution in [3.8, 4) is 16.2 Å². The normalized spacial score (nSPS) is 14.2. The SMILES string of the molecule is COc1ccc(CCNC(=O)c2ccc(-c3ccc(C(=O)N4CCN(C)CC4)cc3)s2)cc1. The van der Waals surface area contributed by atoms with E-state index in [9.17, 15) is 9.59 Å². The number of carbonyl (C=O) groups excluding carboxylic acids is 2. The van der Waals surface area contributed by atoms with Gasteiger partial charge in [0, 0.05) is 43.2 Å². The van der Waals surface area contributed by atoms with Crippen LogP contribution in [-0.4, -0.2) is 68.5 Å². The van der Waals surface area contributed by atoms with Gasteiger partial charge in [0.15, 0.2) is 0 Å². The van der Waals surface area contributed by atoms with Gasteiger partial charge in [0.2, 0.25) is 0 Å². The number of thiophene rings is 1. The van der Waals surface area contributed by atoms with Crippen LogP contribution in [0.4, 0.5) is 0 Å². The molecule has 33 heavy (non-hydrogen) atoms. The number of hydrogen-bond acceptors (Lipinski definition) is 5. The second kappa shape index (κ2) is 10.6. The van der Waals surface area contributed by atoms with Crippen molar-refractivity contribution in [3.63, 3.8) is 0 Å². The van der Waals surface area contributed by atoms with E-state index < -0.39 is 0 Å². The van der Waals surface area contributed by atoms with Gasteiger partial charge in [0.25, 0.3) is 11.8 Å². The highest BCUT2D eigenvalue weighted by atomic mass is 32.1. The van der Waals surface area contributed by atoms with Crippen molar-refractivity contribution < 1.29 is 14.3 Å². The monoisotopic (exact) mass is 463 g/mol. The molecule has 6 nitrogen and oxygen atoms in total. The molecule has 1 fully saturated rings. The third kappa shape index (κ3) is 5.80. The Balaban J connectivity index is 1.31. The first-order chi connectivity index (χ1) is 16.0. The fourth-order valence-electron chi connectivity index (χ4n) is 3.78. The van der Waals surface area contributed by atoms with Gasteiger partial charge in [-0.2, -0.15) is 0 Å². The maximum atomic E-state index is 12.7. The van der Waals surface area contributed by atoms with Crippen molar-refractivity contribution in [1.29, 1.82) is 0 Å². The van der Waals surface area contributed by atoms with Crippen LogP contribution in [0.25, 0.3) is 10.4 Å². The summed E-state index contributed by atoms with van der Waals surface area (Å²) in [6.07, 6.45) is 0.761. The lowest BCUT2D eigenvalue weighted by Gasteiger charge is -2.32. The molecule has 0 aliphatic carbocycles. The third-order valence-corrected chi connectivity index (χ3v) is 7.03. The van der Waals surface area contributed by atoms with E-state index in [4.69, 9.17) is 4.74 Å². The fourth-order valence-corrected chi connectivity index (χ4v) is 4.71. The molecule has 172 valence electrons. The smallest absolute Gasteiger partial charge is 0.261 e. The molecule has 0 unspecified atom stereocenters. The average Bonchev–Trinajstić information content (AvgIpc) is 3.35. The molecule has 2 aromatic carbocycles. The van der Waals surface area contributed by atoms with E-state index in [2.05, 4.69) is 17.3 Å². The number of methoxy groups -OCH3 is 1. The number of likely N-dealkylation sites (N-methyl/N-ethyl adjacent to an activating group) is 1. The van der Waals surface area contributed by atoms with Crippen molar-refractivity contribution >= 4 is 23.2 Å². The predicted octanol–water partition coefficient (Wildman–Crippen LogP) is 3.78. The van der Waals surface area contributed by atoms with E-state index in [1.807, 2.05) is 65.6 Å². The molecular weight excluding hydrogens is 434 g/mol. The summed E-state index contributed by atoms with van der Waals surface area (Å²) in [5.41, 5.74) is 2.86. The molecule has 3 aromatic rings. The van der Waals surface area contributed by atoms with Crippen LogP contribution in [0.3, 0.4) is 0 Å². The molecule has 7 heteroatoms. The highest BCUT2D eigenvalue weighted by Crippen LogP contribution is 2.28. The van der Waals surface area contributed by atoms with Crippen LogP contribution in [0.1, 0.15) is 25.6 Å². The molecule has 0 bridgehead atoms. The van der Waals surface area contributed by atoms with Gasteiger partial charge in [-0.05, 0) is 61.0 Å². The summed E-state index contributed by atoms with van der Waals surface area (Å²) >= 11 is 1.46. The highest BCUT2D eigenvalue weighted by molar-refractivity contribution is 7.17. The van der Waals surface area contributed by atoms with E-state index in [0.717, 1.165) is 54.4 Å². The van der Waals surface area contributed by atoms with Crippen LogP contribution in [0.5, 0.6) is 5.75 Å². The number of piperazine rings is 1. The van der Waals surface area contributed by atoms with Gasteiger partial charge >= 0.3 is 0 Å². The Morgan fingerprint density at radius 1 is 0.939 bits per heavy atom. The average molecular weight is 464 g/mol. The Morgan fingerprint density at radius 2 is 1.64 bits per heavy atom. The zero-order chi connectivity index (χ0) is 23.2. The zero-order valence-corrected chi connectivity index (χ0v) is 19.9. The van der Waals surface area contributed by atoms with E-state index in [0.29, 0.717) is 17.0 Å². The van der Waals surface area contributed by atoms with Gasteiger partial charge in [-0.3, -0.25) is 9.59 Å². The summed E-state index contributed by atoms with van der Waals surface area (Å²) in [7, 11) is 3.72. The Labute approximate surface area is 198 Å². The van der Waals surface area contributed by atoms with E-state index in [1.54, 1.807) is 7.11 Å². The summed E-state index contributed by atoms with van der Waals surface area (Å²) in [5, 5.41) is 2.99. The first kappa shape index (κ1) is 23.0. The number of hydrogen-bond donors (Lipinski definition) is 1. The number of carbonyl (C=O) groups is 2. The summed E-state index contributed by atoms with van der Waals surface area (Å²) in [4.78, 5) is 31.1. The predicted molar refractivity (Wildman–Crippen MR) is 132 cm³/mol. The van der Waals surface area contributed by atoms with Crippen LogP contribution < -0.4 is 10.1 Å². The summed E-state index contributed by atoms with van der Waals surface area (Å²) in [6.45, 7) is 3.91. The molecular formula is C26H29N3O3S. The summed E-state index contributed by atoms with van der Waals surface area (Å²) < 4.78 is 5.17. The molecule has 4 rings (SSSR count). The Kier molecular flexibility index (Phi) is 7.42. The number of nitrogens with zero attached hydrogens (tertiary/aromatic N) is 2. The minimum absolute atomic E-state index is 0.0679. The van der Waals surface area contributed by atoms with Crippen molar-refractivity contribution in [2.75, 3.05) is 46.9 Å². The second-order valence-electron chi connectivity index (χ2n) is 8.19. The maximum Gasteiger partial charge on any atom is 0.261 e. The minimum atomic E-state index is -0.0679. The van der Waals surface area contributed by atoms with Crippen molar-refractivity contribution in [2.45, 2.75) is 6.42 Å². The molecule has 1 aliphatic rings. The van der Waals surface area contributed by atoms with Gasteiger partial charge in [-0.25, -0.2) is 0 Å². The molecule has 0 radical (unpaired) electrons. The first-order valence-electron chi connectivity index (χ1n) is 11.1. The molecule has 1 saturated heterocycles. The molecule has 1 aliphatic heterocycles. The number of ether oxygens (including phenoxy) is 1. The Morgan fingerprint density at radius 3 is 2.30 bits per heavy atom. The van der Waals surface area contributed by atoms with Crippen molar-refractivity contribution in [3.05, 3.63) is 76.7 Å². The molecule has 0 saturated carbocycles. The van der Waals surface area contributed by atoms with Crippen LogP contribution in [0.2, 0.25) is 0 Å². The highest BCUT2D eigenvalue weighted by Gasteiger charge is 2.20. The molecule has 2 amide bonds. The standard InChI is InChI=1S/C26H29N3O3S/c1-28-15-17-29(18-16-28)26(31)21-7-5-20(6-8-21)23-11-12-24(33-23)25(30)27-14-13-19-3-9-22(32-2)10-4-19/h3-12H,13-18H2,1-2H3,(H,27,30). The quantitative estimate of drug-likeness (QED) is 0.579. The molecule has 2 heterocycles. The van der Waals surface area contributed by atoms with Crippen LogP contribution in [-0.2, 0) is 6.42 Å². The fraction of sp³-hybridized carbons (Fsp3) is 0.308. The van der Waals surface area contributed by atoms with E-state index in [1.165, 1.54) is 11.3 Å². The largest absolute Gasteiger partial charge is 0.497 e. The molecule has 1 aromatic heterocycles. The zero-order valence-electron chi connectivity index (χ0n) is 19.0. The van der Waals surface area contributed by atoms with Crippen molar-refractivity contribution in [1.82, 2.24) is 15.1 Å². The lowest BCUT2D eigenvalue weighted by Crippen LogP contribution is -2.47. The number of rotatable bonds is 7. The van der Waals surface area contributed by atoms with Gasteiger partial charge in [0.1, 0.15) is 5.75 Å². The minimum Gasteiger partial charge on any atom is -0.497 e. The second-order valence-corrected chi connectivity index (χ2v) is 9.27. The van der Waals surface area contributed by atoms with E-state index in [-0.39, 0.29) is 11.8 Å². The van der Waals surface area contributed by atoms with Crippen LogP contribution in [0.15, 0.2) is 60.7 Å². The number of amides is 2. The maximum absolute atomic E-state index is 12.7. The van der Waals surface area contributed by atoms with Crippen molar-refractivity contribution in [2.24, 2.45) is 0 Å². The lowest BCUT2D eigenvalue weighted by molar-refractivity contribution is 0.0664. The Hall–Kier alpha value is -3.16. The van der Waals surface area contributed by atoms with Gasteiger partial charge < -0.3 is 19.9 Å². The Bertz CT molecular complexity index is 1080. The van der Waals surface area contributed by atoms with E-state index >= 15 is 0 Å². The topological polar surface area (TPSA) is 61.9 Å². The molecule has 0 spiro atoms. The first-order valence-corrected chi connectivity index (χ1v) is 11.9. The molecule has 1 N–H and O–H groups in total. The summed E-state index contributed by atoms with van der Waals surface area (Å²) in [5.74, 6) is 0.838. The number of nitrogens with one attached hydrogen (secondary N) is 1. The summed E-state index contributed by atoms with van der Waals surface area (Å²) in [6, 6.07) is 19.3. The number of benzene rings is 2. The third-order valence-electron chi connectivity index (χ3n) is 5.89. The van der Waals surface area contributed by atoms with Crippen LogP contribution in [0, 0.1) is 0 Å². The van der Waals surface area contributed by atoms with Crippen LogP contribution >= 0.6 is 11.3 Å². The van der Waals surface area contributed by atoms with Gasteiger partial charge in [-0.1, -0.05) is 24.3 Å². The molecule has 0 atom stereocenters. The van der Waals surface area contributed by atoms with Gasteiger partial charge in [0.05, 0.1) is 12.0 Å².